The van der Waals surface area contributed by atoms with Crippen LogP contribution >= 0.6 is 0 Å². The van der Waals surface area contributed by atoms with E-state index >= 15 is 0 Å². The number of carboxylic acids is 1. The molecule has 0 amide bonds. The second-order valence-corrected chi connectivity index (χ2v) is 7.70. The van der Waals surface area contributed by atoms with E-state index in [-0.39, 0.29) is 16.9 Å². The van der Waals surface area contributed by atoms with Crippen molar-refractivity contribution in [1.82, 2.24) is 0 Å². The van der Waals surface area contributed by atoms with E-state index in [1.807, 2.05) is 6.07 Å². The number of benzene rings is 2. The van der Waals surface area contributed by atoms with Crippen LogP contribution in [-0.4, -0.2) is 29.4 Å². The van der Waals surface area contributed by atoms with Crippen LogP contribution in [0.15, 0.2) is 41.4 Å². The molecule has 0 aliphatic carbocycles. The molecular weight excluding hydrogens is 343 g/mol. The Kier molecular flexibility index (Phi) is 5.05. The van der Waals surface area contributed by atoms with Gasteiger partial charge in [0, 0.05) is 29.5 Å². The molecule has 3 rings (SSSR count). The molecule has 0 spiro atoms. The molecule has 0 bridgehead atoms. The molecule has 0 fully saturated rings. The van der Waals surface area contributed by atoms with E-state index in [9.17, 15) is 9.18 Å². The molecule has 0 saturated carbocycles. The predicted octanol–water partition coefficient (Wildman–Crippen LogP) is 5.39. The Hall–Kier alpha value is -2.69. The van der Waals surface area contributed by atoms with Gasteiger partial charge in [0.05, 0.1) is 11.3 Å². The van der Waals surface area contributed by atoms with Gasteiger partial charge in [-0.1, -0.05) is 6.92 Å². The third kappa shape index (κ3) is 3.72. The topological polar surface area (TPSA) is 52.9 Å². The lowest BCUT2D eigenvalue weighted by Gasteiger charge is -2.47. The highest BCUT2D eigenvalue weighted by Crippen LogP contribution is 2.43. The lowest BCUT2D eigenvalue weighted by Crippen LogP contribution is -2.48. The van der Waals surface area contributed by atoms with Crippen molar-refractivity contribution in [1.29, 1.82) is 0 Å². The maximum atomic E-state index is 14.7. The molecule has 4 nitrogen and oxygen atoms in total. The third-order valence-corrected chi connectivity index (χ3v) is 5.29. The van der Waals surface area contributed by atoms with Crippen molar-refractivity contribution in [2.75, 3.05) is 11.4 Å². The average molecular weight is 368 g/mol. The van der Waals surface area contributed by atoms with Gasteiger partial charge in [-0.15, -0.1) is 0 Å². The van der Waals surface area contributed by atoms with Gasteiger partial charge in [0.15, 0.2) is 0 Å². The predicted molar refractivity (Wildman–Crippen MR) is 107 cm³/mol. The fourth-order valence-corrected chi connectivity index (χ4v) is 4.05. The normalized spacial score (nSPS) is 18.6. The number of carbonyl (C=O) groups is 1. The lowest BCUT2D eigenvalue weighted by atomic mass is 9.79. The Labute approximate surface area is 159 Å². The van der Waals surface area contributed by atoms with Gasteiger partial charge in [-0.2, -0.15) is 0 Å². The number of aliphatic imine (C=N–C) groups is 1. The smallest absolute Gasteiger partial charge is 0.335 e. The zero-order chi connectivity index (χ0) is 19.8. The van der Waals surface area contributed by atoms with Gasteiger partial charge in [0.1, 0.15) is 5.82 Å². The summed E-state index contributed by atoms with van der Waals surface area (Å²) in [6.07, 6.45) is 2.51. The number of anilines is 1. The summed E-state index contributed by atoms with van der Waals surface area (Å²) < 4.78 is 14.7. The number of nitrogens with zero attached hydrogens (tertiary/aromatic N) is 2. The van der Waals surface area contributed by atoms with E-state index in [4.69, 9.17) is 5.11 Å². The summed E-state index contributed by atoms with van der Waals surface area (Å²) in [5, 5.41) is 8.94. The Morgan fingerprint density at radius 3 is 2.59 bits per heavy atom. The van der Waals surface area contributed by atoms with Gasteiger partial charge < -0.3 is 10.0 Å². The maximum Gasteiger partial charge on any atom is 0.335 e. The van der Waals surface area contributed by atoms with E-state index in [0.29, 0.717) is 17.2 Å². The highest BCUT2D eigenvalue weighted by Gasteiger charge is 2.36. The van der Waals surface area contributed by atoms with Crippen LogP contribution in [0, 0.1) is 5.82 Å². The van der Waals surface area contributed by atoms with Crippen LogP contribution in [0.5, 0.6) is 0 Å². The molecule has 2 aromatic carbocycles. The van der Waals surface area contributed by atoms with Gasteiger partial charge in [-0.25, -0.2) is 9.18 Å². The zero-order valence-corrected chi connectivity index (χ0v) is 16.2. The van der Waals surface area contributed by atoms with Crippen LogP contribution in [-0.2, 0) is 0 Å². The highest BCUT2D eigenvalue weighted by atomic mass is 19.1. The fourth-order valence-electron chi connectivity index (χ4n) is 4.05. The minimum absolute atomic E-state index is 0.00486. The van der Waals surface area contributed by atoms with E-state index < -0.39 is 5.97 Å². The van der Waals surface area contributed by atoms with Crippen molar-refractivity contribution in [2.24, 2.45) is 4.99 Å². The number of fused-ring (bicyclic) bond motifs is 1. The maximum absolute atomic E-state index is 14.7. The first-order chi connectivity index (χ1) is 12.7. The molecule has 5 heteroatoms. The minimum atomic E-state index is -0.983. The quantitative estimate of drug-likeness (QED) is 0.737. The van der Waals surface area contributed by atoms with E-state index in [2.05, 4.69) is 37.6 Å². The molecule has 142 valence electrons. The van der Waals surface area contributed by atoms with Crippen molar-refractivity contribution in [3.8, 4) is 0 Å². The van der Waals surface area contributed by atoms with Crippen LogP contribution in [0.2, 0.25) is 0 Å². The monoisotopic (exact) mass is 368 g/mol. The van der Waals surface area contributed by atoms with Crippen molar-refractivity contribution < 1.29 is 14.3 Å². The highest BCUT2D eigenvalue weighted by molar-refractivity contribution is 5.88. The molecule has 2 aromatic rings. The van der Waals surface area contributed by atoms with Crippen molar-refractivity contribution in [3.05, 3.63) is 58.9 Å². The first-order valence-corrected chi connectivity index (χ1v) is 9.21. The summed E-state index contributed by atoms with van der Waals surface area (Å²) >= 11 is 0. The molecule has 0 aromatic heterocycles. The van der Waals surface area contributed by atoms with Gasteiger partial charge in [-0.3, -0.25) is 4.99 Å². The summed E-state index contributed by atoms with van der Waals surface area (Å²) in [6, 6.07) is 9.71. The molecule has 1 atom stereocenters. The van der Waals surface area contributed by atoms with Crippen molar-refractivity contribution >= 4 is 23.6 Å². The summed E-state index contributed by atoms with van der Waals surface area (Å²) in [7, 11) is 0. The van der Waals surface area contributed by atoms with E-state index in [0.717, 1.165) is 24.2 Å². The second kappa shape index (κ2) is 7.14. The lowest BCUT2D eigenvalue weighted by molar-refractivity contribution is 0.0697. The average Bonchev–Trinajstić information content (AvgIpc) is 2.60. The van der Waals surface area contributed by atoms with Crippen molar-refractivity contribution in [3.63, 3.8) is 0 Å². The molecule has 1 heterocycles. The van der Waals surface area contributed by atoms with Crippen LogP contribution in [0.25, 0.3) is 0 Å². The van der Waals surface area contributed by atoms with Gasteiger partial charge in [0.25, 0.3) is 0 Å². The molecule has 0 radical (unpaired) electrons. The summed E-state index contributed by atoms with van der Waals surface area (Å²) in [4.78, 5) is 17.5. The Morgan fingerprint density at radius 1 is 1.33 bits per heavy atom. The Balaban J connectivity index is 1.94. The number of carboxylic acid groups (broad SMARTS) is 1. The molecule has 1 aliphatic heterocycles. The van der Waals surface area contributed by atoms with Gasteiger partial charge in [-0.05, 0) is 75.1 Å². The number of rotatable bonds is 4. The van der Waals surface area contributed by atoms with Crippen LogP contribution in [0.4, 0.5) is 15.8 Å². The standard InChI is InChI=1S/C22H25FN2O2/c1-5-25-20-11-19(23)16(10-18(20)14(2)12-22(25,3)4)13-24-17-8-6-15(7-9-17)21(26)27/h6-11,13-14H,5,12H2,1-4H3,(H,26,27). The van der Waals surface area contributed by atoms with Gasteiger partial charge in [0.2, 0.25) is 0 Å². The largest absolute Gasteiger partial charge is 0.478 e. The number of hydrogen-bond acceptors (Lipinski definition) is 3. The van der Waals surface area contributed by atoms with E-state index in [1.165, 1.54) is 18.3 Å². The Morgan fingerprint density at radius 2 is 2.00 bits per heavy atom. The SMILES string of the molecule is CCN1c2cc(F)c(C=Nc3ccc(C(=O)O)cc3)cc2C(C)CC1(C)C. The minimum Gasteiger partial charge on any atom is -0.478 e. The number of halogens is 1. The third-order valence-electron chi connectivity index (χ3n) is 5.29. The number of hydrogen-bond donors (Lipinski definition) is 1. The molecule has 1 aliphatic rings. The first-order valence-electron chi connectivity index (χ1n) is 9.21. The molecule has 1 N–H and O–H groups in total. The fraction of sp³-hybridized carbons (Fsp3) is 0.364. The molecule has 1 unspecified atom stereocenters. The van der Waals surface area contributed by atoms with Crippen LogP contribution in [0.3, 0.4) is 0 Å². The zero-order valence-electron chi connectivity index (χ0n) is 16.2. The molecule has 0 saturated heterocycles. The summed E-state index contributed by atoms with van der Waals surface area (Å²) in [5.41, 5.74) is 3.32. The van der Waals surface area contributed by atoms with E-state index in [1.54, 1.807) is 18.2 Å². The molecular formula is C22H25FN2O2. The van der Waals surface area contributed by atoms with Gasteiger partial charge >= 0.3 is 5.97 Å². The summed E-state index contributed by atoms with van der Waals surface area (Å²) in [5.74, 6) is -0.952. The first kappa shape index (κ1) is 19.1. The Bertz CT molecular complexity index is 888. The second-order valence-electron chi connectivity index (χ2n) is 7.70. The van der Waals surface area contributed by atoms with Crippen LogP contribution in [0.1, 0.15) is 61.5 Å². The number of aromatic carboxylic acids is 1. The van der Waals surface area contributed by atoms with Crippen molar-refractivity contribution in [2.45, 2.75) is 45.6 Å². The summed E-state index contributed by atoms with van der Waals surface area (Å²) in [6.45, 7) is 9.50. The molecule has 27 heavy (non-hydrogen) atoms. The van der Waals surface area contributed by atoms with Crippen LogP contribution < -0.4 is 4.90 Å².